The topological polar surface area (TPSA) is 73.5 Å². The van der Waals surface area contributed by atoms with Gasteiger partial charge in [0.2, 0.25) is 5.91 Å². The molecule has 0 aliphatic carbocycles. The summed E-state index contributed by atoms with van der Waals surface area (Å²) in [6.07, 6.45) is 0. The Morgan fingerprint density at radius 1 is 1.05 bits per heavy atom. The van der Waals surface area contributed by atoms with Gasteiger partial charge < -0.3 is 20.9 Å². The molecule has 0 aliphatic heterocycles. The second-order valence-corrected chi connectivity index (χ2v) is 4.57. The zero-order chi connectivity index (χ0) is 14.8. The molecule has 0 unspecified atom stereocenters. The molecule has 0 aromatic heterocycles. The molecule has 3 N–H and O–H groups in total. The van der Waals surface area contributed by atoms with Crippen LogP contribution in [-0.4, -0.2) is 50.6 Å². The van der Waals surface area contributed by atoms with E-state index < -0.39 is 0 Å². The number of benzene rings is 1. The van der Waals surface area contributed by atoms with Gasteiger partial charge in [-0.1, -0.05) is 30.3 Å². The lowest BCUT2D eigenvalue weighted by atomic mass is 10.2. The number of amides is 3. The van der Waals surface area contributed by atoms with Gasteiger partial charge in [0.05, 0.1) is 6.54 Å². The fourth-order valence-corrected chi connectivity index (χ4v) is 1.48. The molecule has 6 nitrogen and oxygen atoms in total. The Bertz CT molecular complexity index is 420. The number of hydrogen-bond acceptors (Lipinski definition) is 3. The van der Waals surface area contributed by atoms with E-state index in [9.17, 15) is 9.59 Å². The maximum Gasteiger partial charge on any atom is 0.316 e. The second kappa shape index (κ2) is 8.92. The zero-order valence-corrected chi connectivity index (χ0v) is 12.0. The van der Waals surface area contributed by atoms with Crippen molar-refractivity contribution in [2.75, 3.05) is 33.7 Å². The van der Waals surface area contributed by atoms with Gasteiger partial charge in [-0.25, -0.2) is 4.79 Å². The fourth-order valence-electron chi connectivity index (χ4n) is 1.48. The summed E-state index contributed by atoms with van der Waals surface area (Å²) in [6.45, 7) is 1.81. The first-order valence-corrected chi connectivity index (χ1v) is 6.56. The highest BCUT2D eigenvalue weighted by atomic mass is 16.2. The summed E-state index contributed by atoms with van der Waals surface area (Å²) in [5, 5.41) is 8.50. The number of nitrogens with one attached hydrogen (secondary N) is 3. The molecule has 6 heteroatoms. The van der Waals surface area contributed by atoms with Crippen molar-refractivity contribution in [2.45, 2.75) is 6.54 Å². The van der Waals surface area contributed by atoms with Crippen LogP contribution in [0.5, 0.6) is 0 Å². The van der Waals surface area contributed by atoms with Crippen LogP contribution in [0.15, 0.2) is 30.3 Å². The van der Waals surface area contributed by atoms with E-state index >= 15 is 0 Å². The van der Waals surface area contributed by atoms with E-state index in [1.807, 2.05) is 30.3 Å². The van der Waals surface area contributed by atoms with Gasteiger partial charge in [-0.3, -0.25) is 4.79 Å². The van der Waals surface area contributed by atoms with E-state index in [1.165, 1.54) is 4.90 Å². The fraction of sp³-hybridized carbons (Fsp3) is 0.429. The minimum Gasteiger partial charge on any atom is -0.351 e. The molecule has 0 fully saturated rings. The van der Waals surface area contributed by atoms with Crippen LogP contribution in [0.3, 0.4) is 0 Å². The number of carbonyl (C=O) groups is 2. The smallest absolute Gasteiger partial charge is 0.316 e. The van der Waals surface area contributed by atoms with Gasteiger partial charge in [0.15, 0.2) is 0 Å². The van der Waals surface area contributed by atoms with Crippen LogP contribution in [0.1, 0.15) is 5.56 Å². The van der Waals surface area contributed by atoms with Crippen molar-refractivity contribution in [3.05, 3.63) is 35.9 Å². The van der Waals surface area contributed by atoms with Gasteiger partial charge in [-0.15, -0.1) is 0 Å². The predicted molar refractivity (Wildman–Crippen MR) is 78.2 cm³/mol. The third kappa shape index (κ3) is 6.75. The molecule has 0 heterocycles. The van der Waals surface area contributed by atoms with E-state index in [2.05, 4.69) is 16.0 Å². The molecule has 110 valence electrons. The lowest BCUT2D eigenvalue weighted by Crippen LogP contribution is -2.40. The van der Waals surface area contributed by atoms with Crippen molar-refractivity contribution < 1.29 is 9.59 Å². The molecule has 0 bridgehead atoms. The van der Waals surface area contributed by atoms with Crippen LogP contribution >= 0.6 is 0 Å². The summed E-state index contributed by atoms with van der Waals surface area (Å²) in [5.41, 5.74) is 1.07. The Morgan fingerprint density at radius 3 is 2.40 bits per heavy atom. The third-order valence-corrected chi connectivity index (χ3v) is 2.60. The highest BCUT2D eigenvalue weighted by molar-refractivity contribution is 5.78. The van der Waals surface area contributed by atoms with Gasteiger partial charge in [-0.05, 0) is 5.56 Å². The highest BCUT2D eigenvalue weighted by Gasteiger charge is 2.02. The molecule has 0 atom stereocenters. The molecular formula is C14H22N4O2. The predicted octanol–water partition coefficient (Wildman–Crippen LogP) is 0.164. The normalized spacial score (nSPS) is 9.90. The summed E-state index contributed by atoms with van der Waals surface area (Å²) in [4.78, 5) is 24.2. The minimum absolute atomic E-state index is 0.0622. The van der Waals surface area contributed by atoms with Crippen molar-refractivity contribution >= 4 is 11.9 Å². The summed E-state index contributed by atoms with van der Waals surface area (Å²) in [5.74, 6) is -0.0622. The standard InChI is InChI=1S/C14H22N4O2/c1-18(2)14(20)16-9-8-15-11-13(19)17-10-12-6-4-3-5-7-12/h3-7,15H,8-11H2,1-2H3,(H,16,20)(H,17,19). The number of hydrogen-bond donors (Lipinski definition) is 3. The lowest BCUT2D eigenvalue weighted by Gasteiger charge is -2.12. The zero-order valence-electron chi connectivity index (χ0n) is 12.0. The van der Waals surface area contributed by atoms with Crippen LogP contribution in [0.4, 0.5) is 4.79 Å². The van der Waals surface area contributed by atoms with Crippen molar-refractivity contribution in [1.82, 2.24) is 20.9 Å². The largest absolute Gasteiger partial charge is 0.351 e. The summed E-state index contributed by atoms with van der Waals surface area (Å²) < 4.78 is 0. The number of urea groups is 1. The quantitative estimate of drug-likeness (QED) is 0.622. The Kier molecular flexibility index (Phi) is 7.13. The Labute approximate surface area is 119 Å². The van der Waals surface area contributed by atoms with E-state index in [4.69, 9.17) is 0 Å². The second-order valence-electron chi connectivity index (χ2n) is 4.57. The number of carbonyl (C=O) groups excluding carboxylic acids is 2. The van der Waals surface area contributed by atoms with E-state index in [-0.39, 0.29) is 18.5 Å². The minimum atomic E-state index is -0.139. The van der Waals surface area contributed by atoms with Gasteiger partial charge in [0.1, 0.15) is 0 Å². The van der Waals surface area contributed by atoms with Gasteiger partial charge >= 0.3 is 6.03 Å². The molecule has 3 amide bonds. The average Bonchev–Trinajstić information content (AvgIpc) is 2.45. The third-order valence-electron chi connectivity index (χ3n) is 2.60. The van der Waals surface area contributed by atoms with Crippen LogP contribution in [0.2, 0.25) is 0 Å². The van der Waals surface area contributed by atoms with Crippen molar-refractivity contribution in [3.8, 4) is 0 Å². The molecule has 0 radical (unpaired) electrons. The molecule has 0 saturated heterocycles. The number of nitrogens with zero attached hydrogens (tertiary/aromatic N) is 1. The molecule has 1 rings (SSSR count). The van der Waals surface area contributed by atoms with Crippen LogP contribution in [-0.2, 0) is 11.3 Å². The maximum absolute atomic E-state index is 11.6. The van der Waals surface area contributed by atoms with E-state index in [1.54, 1.807) is 14.1 Å². The molecule has 0 aliphatic rings. The first-order valence-electron chi connectivity index (χ1n) is 6.56. The molecule has 1 aromatic carbocycles. The summed E-state index contributed by atoms with van der Waals surface area (Å²) in [6, 6.07) is 9.60. The first-order chi connectivity index (χ1) is 9.59. The average molecular weight is 278 g/mol. The Morgan fingerprint density at radius 2 is 1.75 bits per heavy atom. The Balaban J connectivity index is 2.05. The maximum atomic E-state index is 11.6. The van der Waals surface area contributed by atoms with Gasteiger partial charge in [0.25, 0.3) is 0 Å². The van der Waals surface area contributed by atoms with Gasteiger partial charge in [-0.2, -0.15) is 0 Å². The van der Waals surface area contributed by atoms with E-state index in [0.717, 1.165) is 5.56 Å². The SMILES string of the molecule is CN(C)C(=O)NCCNCC(=O)NCc1ccccc1. The molecule has 0 saturated carbocycles. The van der Waals surface area contributed by atoms with Crippen molar-refractivity contribution in [2.24, 2.45) is 0 Å². The van der Waals surface area contributed by atoms with Crippen LogP contribution < -0.4 is 16.0 Å². The molecule has 0 spiro atoms. The van der Waals surface area contributed by atoms with Crippen molar-refractivity contribution in [3.63, 3.8) is 0 Å². The monoisotopic (exact) mass is 278 g/mol. The van der Waals surface area contributed by atoms with Gasteiger partial charge in [0, 0.05) is 33.7 Å². The Hall–Kier alpha value is -2.08. The summed E-state index contributed by atoms with van der Waals surface area (Å²) in [7, 11) is 3.36. The molecule has 1 aromatic rings. The van der Waals surface area contributed by atoms with Crippen LogP contribution in [0.25, 0.3) is 0 Å². The highest BCUT2D eigenvalue weighted by Crippen LogP contribution is 1.96. The first kappa shape index (κ1) is 16.0. The van der Waals surface area contributed by atoms with Crippen molar-refractivity contribution in [1.29, 1.82) is 0 Å². The molecular weight excluding hydrogens is 256 g/mol. The molecule has 20 heavy (non-hydrogen) atoms. The van der Waals surface area contributed by atoms with Crippen LogP contribution in [0, 0.1) is 0 Å². The lowest BCUT2D eigenvalue weighted by molar-refractivity contribution is -0.120. The van der Waals surface area contributed by atoms with E-state index in [0.29, 0.717) is 19.6 Å². The number of rotatable bonds is 7. The summed E-state index contributed by atoms with van der Waals surface area (Å²) >= 11 is 0.